The zero-order chi connectivity index (χ0) is 18.2. The van der Waals surface area contributed by atoms with E-state index >= 15 is 0 Å². The Balaban J connectivity index is 1.61. The summed E-state index contributed by atoms with van der Waals surface area (Å²) in [6.45, 7) is -0.210. The SMILES string of the molecule is O=C(CNC(=O)[C@@H]1CC[C@@H]2CN1C(=O)N2OS(=O)(=O)O)c1ccco1. The third-order valence-corrected chi connectivity index (χ3v) is 4.37. The third kappa shape index (κ3) is 3.65. The minimum atomic E-state index is -4.84. The predicted octanol–water partition coefficient (Wildman–Crippen LogP) is -0.418. The van der Waals surface area contributed by atoms with Gasteiger partial charge in [-0.2, -0.15) is 13.5 Å². The van der Waals surface area contributed by atoms with Gasteiger partial charge in [-0.1, -0.05) is 0 Å². The fraction of sp³-hybridized carbons (Fsp3) is 0.462. The molecule has 3 rings (SSSR count). The topological polar surface area (TPSA) is 146 Å². The van der Waals surface area contributed by atoms with E-state index in [-0.39, 0.29) is 25.3 Å². The largest absolute Gasteiger partial charge is 0.461 e. The molecule has 2 N–H and O–H groups in total. The number of amides is 3. The van der Waals surface area contributed by atoms with Crippen LogP contribution in [0.1, 0.15) is 23.4 Å². The molecule has 2 saturated heterocycles. The number of fused-ring (bicyclic) bond motifs is 2. The molecule has 11 nitrogen and oxygen atoms in total. The van der Waals surface area contributed by atoms with Crippen LogP contribution in [0.2, 0.25) is 0 Å². The highest BCUT2D eigenvalue weighted by Gasteiger charge is 2.49. The summed E-state index contributed by atoms with van der Waals surface area (Å²) < 4.78 is 39.6. The highest BCUT2D eigenvalue weighted by atomic mass is 32.3. The molecule has 25 heavy (non-hydrogen) atoms. The van der Waals surface area contributed by atoms with Crippen molar-refractivity contribution in [2.45, 2.75) is 24.9 Å². The van der Waals surface area contributed by atoms with Gasteiger partial charge in [0, 0.05) is 6.54 Å². The molecule has 1 aromatic heterocycles. The second-order valence-corrected chi connectivity index (χ2v) is 6.63. The number of rotatable bonds is 6. The lowest BCUT2D eigenvalue weighted by Crippen LogP contribution is -2.50. The molecular formula is C13H15N3O8S. The lowest BCUT2D eigenvalue weighted by atomic mass is 10.0. The van der Waals surface area contributed by atoms with E-state index in [1.807, 2.05) is 0 Å². The number of nitrogens with zero attached hydrogens (tertiary/aromatic N) is 2. The van der Waals surface area contributed by atoms with Gasteiger partial charge in [0.25, 0.3) is 0 Å². The Bertz CT molecular complexity index is 790. The standard InChI is InChI=1S/C13H15N3O8S/c17-10(11-2-1-5-23-11)6-14-12(18)9-4-3-8-7-15(9)13(19)16(8)24-25(20,21)22/h1-2,5,8-9H,3-4,6-7H2,(H,14,18)(H,20,21,22)/t8-,9+/m1/s1. The minimum Gasteiger partial charge on any atom is -0.461 e. The van der Waals surface area contributed by atoms with E-state index in [0.717, 1.165) is 4.90 Å². The van der Waals surface area contributed by atoms with Crippen LogP contribution >= 0.6 is 0 Å². The molecule has 2 aliphatic rings. The zero-order valence-corrected chi connectivity index (χ0v) is 13.6. The first-order valence-corrected chi connectivity index (χ1v) is 8.74. The molecule has 0 radical (unpaired) electrons. The monoisotopic (exact) mass is 373 g/mol. The van der Waals surface area contributed by atoms with Crippen LogP contribution in [0, 0.1) is 0 Å². The molecule has 0 aliphatic carbocycles. The Morgan fingerprint density at radius 1 is 1.40 bits per heavy atom. The van der Waals surface area contributed by atoms with Gasteiger partial charge in [-0.3, -0.25) is 14.1 Å². The van der Waals surface area contributed by atoms with Crippen LogP contribution in [-0.4, -0.2) is 65.8 Å². The maximum atomic E-state index is 12.3. The summed E-state index contributed by atoms with van der Waals surface area (Å²) in [5.74, 6) is -0.856. The van der Waals surface area contributed by atoms with Crippen LogP contribution in [0.25, 0.3) is 0 Å². The van der Waals surface area contributed by atoms with Gasteiger partial charge in [-0.25, -0.2) is 4.79 Å². The Morgan fingerprint density at radius 2 is 2.16 bits per heavy atom. The number of urea groups is 1. The summed E-state index contributed by atoms with van der Waals surface area (Å²) >= 11 is 0. The number of piperidine rings is 1. The molecule has 136 valence electrons. The fourth-order valence-corrected chi connectivity index (χ4v) is 3.30. The Kier molecular flexibility index (Phi) is 4.49. The normalized spacial score (nSPS) is 23.0. The average Bonchev–Trinajstić information content (AvgIpc) is 3.16. The van der Waals surface area contributed by atoms with E-state index in [9.17, 15) is 22.8 Å². The van der Waals surface area contributed by atoms with E-state index in [4.69, 9.17) is 8.97 Å². The van der Waals surface area contributed by atoms with Crippen molar-refractivity contribution in [2.24, 2.45) is 0 Å². The van der Waals surface area contributed by atoms with Crippen LogP contribution in [0.3, 0.4) is 0 Å². The van der Waals surface area contributed by atoms with Crippen molar-refractivity contribution in [3.8, 4) is 0 Å². The third-order valence-electron chi connectivity index (χ3n) is 4.02. The van der Waals surface area contributed by atoms with Crippen molar-refractivity contribution in [2.75, 3.05) is 13.1 Å². The van der Waals surface area contributed by atoms with Gasteiger partial charge in [0.1, 0.15) is 6.04 Å². The fourth-order valence-electron chi connectivity index (χ4n) is 2.91. The van der Waals surface area contributed by atoms with Crippen LogP contribution < -0.4 is 5.32 Å². The average molecular weight is 373 g/mol. The van der Waals surface area contributed by atoms with Crippen molar-refractivity contribution in [1.82, 2.24) is 15.3 Å². The van der Waals surface area contributed by atoms with E-state index in [1.54, 1.807) is 6.07 Å². The molecule has 3 heterocycles. The number of Topliss-reactive ketones (excluding diaryl/α,β-unsaturated/α-hetero) is 1. The van der Waals surface area contributed by atoms with Crippen molar-refractivity contribution in [3.05, 3.63) is 24.2 Å². The molecule has 0 spiro atoms. The summed E-state index contributed by atoms with van der Waals surface area (Å²) in [6.07, 6.45) is 1.91. The van der Waals surface area contributed by atoms with Crippen molar-refractivity contribution in [1.29, 1.82) is 0 Å². The Morgan fingerprint density at radius 3 is 2.80 bits per heavy atom. The number of nitrogens with one attached hydrogen (secondary N) is 1. The number of carbonyl (C=O) groups excluding carboxylic acids is 3. The van der Waals surface area contributed by atoms with Crippen LogP contribution in [0.15, 0.2) is 22.8 Å². The van der Waals surface area contributed by atoms with E-state index < -0.39 is 40.2 Å². The smallest absolute Gasteiger partial charge is 0.418 e. The number of hydrogen-bond acceptors (Lipinski definition) is 7. The first-order chi connectivity index (χ1) is 11.8. The maximum absolute atomic E-state index is 12.3. The molecule has 0 aromatic carbocycles. The highest BCUT2D eigenvalue weighted by molar-refractivity contribution is 7.80. The summed E-state index contributed by atoms with van der Waals surface area (Å²) in [4.78, 5) is 37.4. The first-order valence-electron chi connectivity index (χ1n) is 7.37. The number of hydroxylamine groups is 2. The molecule has 2 atom stereocenters. The Hall–Kier alpha value is -2.44. The van der Waals surface area contributed by atoms with Gasteiger partial charge in [-0.05, 0) is 25.0 Å². The van der Waals surface area contributed by atoms with Crippen LogP contribution in [-0.2, 0) is 19.5 Å². The summed E-state index contributed by atoms with van der Waals surface area (Å²) in [5, 5.41) is 2.99. The van der Waals surface area contributed by atoms with Gasteiger partial charge in [-0.15, -0.1) is 4.28 Å². The van der Waals surface area contributed by atoms with Gasteiger partial charge in [0.2, 0.25) is 11.7 Å². The van der Waals surface area contributed by atoms with E-state index in [2.05, 4.69) is 9.60 Å². The Labute approximate surface area is 142 Å². The first kappa shape index (κ1) is 17.4. The molecule has 0 unspecified atom stereocenters. The molecule has 2 fully saturated rings. The lowest BCUT2D eigenvalue weighted by Gasteiger charge is -2.29. The molecule has 12 heteroatoms. The summed E-state index contributed by atoms with van der Waals surface area (Å²) in [5.41, 5.74) is 0. The molecule has 2 aliphatic heterocycles. The summed E-state index contributed by atoms with van der Waals surface area (Å²) in [7, 11) is -4.84. The second-order valence-electron chi connectivity index (χ2n) is 5.63. The van der Waals surface area contributed by atoms with Gasteiger partial charge >= 0.3 is 16.4 Å². The van der Waals surface area contributed by atoms with E-state index in [1.165, 1.54) is 12.3 Å². The van der Waals surface area contributed by atoms with Gasteiger partial charge in [0.15, 0.2) is 5.76 Å². The van der Waals surface area contributed by atoms with E-state index in [0.29, 0.717) is 11.5 Å². The quantitative estimate of drug-likeness (QED) is 0.505. The lowest BCUT2D eigenvalue weighted by molar-refractivity contribution is -0.125. The van der Waals surface area contributed by atoms with Crippen molar-refractivity contribution < 1.29 is 36.1 Å². The van der Waals surface area contributed by atoms with Crippen molar-refractivity contribution >= 4 is 28.1 Å². The molecule has 1 aromatic rings. The molecular weight excluding hydrogens is 358 g/mol. The molecule has 3 amide bonds. The summed E-state index contributed by atoms with van der Waals surface area (Å²) in [6, 6.07) is 0.737. The minimum absolute atomic E-state index is 0.0819. The van der Waals surface area contributed by atoms with Crippen LogP contribution in [0.4, 0.5) is 4.79 Å². The van der Waals surface area contributed by atoms with Gasteiger partial charge in [0.05, 0.1) is 18.8 Å². The second kappa shape index (κ2) is 6.46. The maximum Gasteiger partial charge on any atom is 0.418 e. The number of hydrogen-bond donors (Lipinski definition) is 2. The molecule has 2 bridgehead atoms. The zero-order valence-electron chi connectivity index (χ0n) is 12.8. The van der Waals surface area contributed by atoms with Gasteiger partial charge < -0.3 is 14.6 Å². The number of ketones is 1. The number of carbonyl (C=O) groups is 3. The predicted molar refractivity (Wildman–Crippen MR) is 79.4 cm³/mol. The number of furan rings is 1. The molecule has 0 saturated carbocycles. The highest BCUT2D eigenvalue weighted by Crippen LogP contribution is 2.30. The van der Waals surface area contributed by atoms with Crippen LogP contribution in [0.5, 0.6) is 0 Å². The van der Waals surface area contributed by atoms with Crippen molar-refractivity contribution in [3.63, 3.8) is 0 Å².